The van der Waals surface area contributed by atoms with Crippen LogP contribution < -0.4 is 0 Å². The van der Waals surface area contributed by atoms with Crippen molar-refractivity contribution in [3.05, 3.63) is 100 Å². The zero-order valence-electron chi connectivity index (χ0n) is 15.4. The highest BCUT2D eigenvalue weighted by atomic mass is 35.5. The van der Waals surface area contributed by atoms with Crippen molar-refractivity contribution in [2.45, 2.75) is 19.0 Å². The quantitative estimate of drug-likeness (QED) is 0.474. The molecule has 0 fully saturated rings. The van der Waals surface area contributed by atoms with E-state index < -0.39 is 0 Å². The van der Waals surface area contributed by atoms with E-state index in [1.54, 1.807) is 6.07 Å². The van der Waals surface area contributed by atoms with Crippen LogP contribution in [0, 0.1) is 0 Å². The summed E-state index contributed by atoms with van der Waals surface area (Å²) in [6, 6.07) is 24.2. The topological polar surface area (TPSA) is 39.3 Å². The van der Waals surface area contributed by atoms with E-state index in [1.807, 2.05) is 24.3 Å². The van der Waals surface area contributed by atoms with E-state index in [4.69, 9.17) is 11.6 Å². The summed E-state index contributed by atoms with van der Waals surface area (Å²) in [6.45, 7) is 1.80. The van der Waals surface area contributed by atoms with Gasteiger partial charge in [0.05, 0.1) is 6.04 Å². The molecule has 28 heavy (non-hydrogen) atoms. The summed E-state index contributed by atoms with van der Waals surface area (Å²) in [5.74, 6) is 0.295. The van der Waals surface area contributed by atoms with E-state index in [0.717, 1.165) is 35.6 Å². The molecule has 2 heterocycles. The first-order valence-corrected chi connectivity index (χ1v) is 9.94. The van der Waals surface area contributed by atoms with Crippen molar-refractivity contribution in [1.29, 1.82) is 0 Å². The van der Waals surface area contributed by atoms with Gasteiger partial charge in [-0.25, -0.2) is 0 Å². The van der Waals surface area contributed by atoms with Gasteiger partial charge in [-0.1, -0.05) is 54.1 Å². The minimum Gasteiger partial charge on any atom is -0.508 e. The largest absolute Gasteiger partial charge is 0.508 e. The van der Waals surface area contributed by atoms with Gasteiger partial charge in [0.25, 0.3) is 0 Å². The second kappa shape index (κ2) is 7.01. The molecule has 0 bridgehead atoms. The molecule has 2 N–H and O–H groups in total. The maximum absolute atomic E-state index is 10.1. The van der Waals surface area contributed by atoms with Gasteiger partial charge in [-0.3, -0.25) is 4.90 Å². The van der Waals surface area contributed by atoms with Crippen LogP contribution in [0.5, 0.6) is 5.75 Å². The summed E-state index contributed by atoms with van der Waals surface area (Å²) in [5, 5.41) is 12.1. The van der Waals surface area contributed by atoms with Crippen molar-refractivity contribution in [3.8, 4) is 5.75 Å². The molecule has 0 amide bonds. The lowest BCUT2D eigenvalue weighted by molar-refractivity contribution is 0.201. The molecule has 1 aromatic heterocycles. The Labute approximate surface area is 169 Å². The van der Waals surface area contributed by atoms with Gasteiger partial charge in [-0.15, -0.1) is 0 Å². The van der Waals surface area contributed by atoms with Gasteiger partial charge in [0.15, 0.2) is 0 Å². The number of aromatic amines is 1. The van der Waals surface area contributed by atoms with Gasteiger partial charge in [0, 0.05) is 34.7 Å². The standard InChI is InChI=1S/C24H21ClN2O/c25-18-9-10-22-21(14-18)20-11-12-27(15-16-5-2-1-3-6-16)24(23(20)26-22)17-7-4-8-19(28)13-17/h1-10,13-14,24,26,28H,11-12,15H2. The van der Waals surface area contributed by atoms with Crippen molar-refractivity contribution >= 4 is 22.5 Å². The Morgan fingerprint density at radius 3 is 2.68 bits per heavy atom. The molecular formula is C24H21ClN2O. The number of fused-ring (bicyclic) bond motifs is 3. The highest BCUT2D eigenvalue weighted by Crippen LogP contribution is 2.40. The van der Waals surface area contributed by atoms with E-state index >= 15 is 0 Å². The third-order valence-electron chi connectivity index (χ3n) is 5.60. The monoisotopic (exact) mass is 388 g/mol. The Hall–Kier alpha value is -2.75. The highest BCUT2D eigenvalue weighted by molar-refractivity contribution is 6.31. The number of aromatic hydroxyl groups is 1. The van der Waals surface area contributed by atoms with Crippen LogP contribution in [-0.2, 0) is 13.0 Å². The molecule has 0 spiro atoms. The summed E-state index contributed by atoms with van der Waals surface area (Å²) in [7, 11) is 0. The van der Waals surface area contributed by atoms with Crippen molar-refractivity contribution in [1.82, 2.24) is 9.88 Å². The Kier molecular flexibility index (Phi) is 4.34. The van der Waals surface area contributed by atoms with Gasteiger partial charge in [0.1, 0.15) is 5.75 Å². The average Bonchev–Trinajstić information content (AvgIpc) is 3.06. The molecule has 0 radical (unpaired) electrons. The number of hydrogen-bond acceptors (Lipinski definition) is 2. The Morgan fingerprint density at radius 1 is 1.00 bits per heavy atom. The molecule has 4 aromatic rings. The number of nitrogens with zero attached hydrogens (tertiary/aromatic N) is 1. The normalized spacial score (nSPS) is 17.0. The molecule has 5 rings (SSSR count). The predicted octanol–water partition coefficient (Wildman–Crippen LogP) is 5.67. The lowest BCUT2D eigenvalue weighted by Gasteiger charge is -2.36. The van der Waals surface area contributed by atoms with Crippen molar-refractivity contribution in [2.75, 3.05) is 6.54 Å². The van der Waals surface area contributed by atoms with E-state index in [0.29, 0.717) is 5.75 Å². The number of aromatic nitrogens is 1. The SMILES string of the molecule is Oc1cccc(C2c3[nH]c4ccc(Cl)cc4c3CCN2Cc2ccccc2)c1. The van der Waals surface area contributed by atoms with Crippen LogP contribution in [0.1, 0.15) is 28.4 Å². The molecule has 4 heteroatoms. The molecule has 140 valence electrons. The number of rotatable bonds is 3. The number of H-pyrrole nitrogens is 1. The van der Waals surface area contributed by atoms with Crippen molar-refractivity contribution in [3.63, 3.8) is 0 Å². The number of benzene rings is 3. The summed E-state index contributed by atoms with van der Waals surface area (Å²) < 4.78 is 0. The van der Waals surface area contributed by atoms with Crippen LogP contribution in [-0.4, -0.2) is 21.5 Å². The summed E-state index contributed by atoms with van der Waals surface area (Å²) in [5.41, 5.74) is 6.02. The maximum atomic E-state index is 10.1. The van der Waals surface area contributed by atoms with Crippen LogP contribution in [0.25, 0.3) is 10.9 Å². The van der Waals surface area contributed by atoms with Gasteiger partial charge in [0.2, 0.25) is 0 Å². The first-order chi connectivity index (χ1) is 13.7. The molecular weight excluding hydrogens is 368 g/mol. The second-order valence-corrected chi connectivity index (χ2v) is 7.85. The summed E-state index contributed by atoms with van der Waals surface area (Å²) in [4.78, 5) is 6.12. The van der Waals surface area contributed by atoms with Gasteiger partial charge in [-0.05, 0) is 53.4 Å². The average molecular weight is 389 g/mol. The minimum atomic E-state index is 0.0576. The Bertz CT molecular complexity index is 1140. The van der Waals surface area contributed by atoms with Crippen LogP contribution in [0.4, 0.5) is 0 Å². The number of halogens is 1. The summed E-state index contributed by atoms with van der Waals surface area (Å²) in [6.07, 6.45) is 0.970. The van der Waals surface area contributed by atoms with E-state index in [1.165, 1.54) is 22.2 Å². The molecule has 0 saturated carbocycles. The number of phenolic OH excluding ortho intramolecular Hbond substituents is 1. The molecule has 3 nitrogen and oxygen atoms in total. The van der Waals surface area contributed by atoms with Crippen LogP contribution in [0.3, 0.4) is 0 Å². The lowest BCUT2D eigenvalue weighted by Crippen LogP contribution is -2.35. The molecule has 1 aliphatic rings. The molecule has 0 aliphatic carbocycles. The van der Waals surface area contributed by atoms with Gasteiger partial charge >= 0.3 is 0 Å². The highest BCUT2D eigenvalue weighted by Gasteiger charge is 2.31. The molecule has 0 saturated heterocycles. The number of hydrogen-bond donors (Lipinski definition) is 2. The minimum absolute atomic E-state index is 0.0576. The molecule has 1 aliphatic heterocycles. The summed E-state index contributed by atoms with van der Waals surface area (Å²) >= 11 is 6.27. The fourth-order valence-electron chi connectivity index (χ4n) is 4.37. The van der Waals surface area contributed by atoms with Crippen LogP contribution in [0.15, 0.2) is 72.8 Å². The second-order valence-electron chi connectivity index (χ2n) is 7.41. The van der Waals surface area contributed by atoms with Crippen molar-refractivity contribution < 1.29 is 5.11 Å². The fraction of sp³-hybridized carbons (Fsp3) is 0.167. The smallest absolute Gasteiger partial charge is 0.115 e. The van der Waals surface area contributed by atoms with Gasteiger partial charge in [-0.2, -0.15) is 0 Å². The molecule has 3 aromatic carbocycles. The first kappa shape index (κ1) is 17.4. The van der Waals surface area contributed by atoms with Gasteiger partial charge < -0.3 is 10.1 Å². The van der Waals surface area contributed by atoms with Crippen LogP contribution in [0.2, 0.25) is 5.02 Å². The molecule has 1 unspecified atom stereocenters. The van der Waals surface area contributed by atoms with E-state index in [9.17, 15) is 5.11 Å². The predicted molar refractivity (Wildman–Crippen MR) is 114 cm³/mol. The van der Waals surface area contributed by atoms with E-state index in [2.05, 4.69) is 52.3 Å². The van der Waals surface area contributed by atoms with Crippen LogP contribution >= 0.6 is 11.6 Å². The fourth-order valence-corrected chi connectivity index (χ4v) is 4.54. The zero-order valence-corrected chi connectivity index (χ0v) is 16.2. The van der Waals surface area contributed by atoms with E-state index in [-0.39, 0.29) is 6.04 Å². The third kappa shape index (κ3) is 3.07. The lowest BCUT2D eigenvalue weighted by atomic mass is 9.92. The first-order valence-electron chi connectivity index (χ1n) is 9.56. The van der Waals surface area contributed by atoms with Crippen molar-refractivity contribution in [2.24, 2.45) is 0 Å². The Morgan fingerprint density at radius 2 is 1.86 bits per heavy atom. The number of nitrogens with one attached hydrogen (secondary N) is 1. The Balaban J connectivity index is 1.64. The number of phenols is 1. The zero-order chi connectivity index (χ0) is 19.1. The maximum Gasteiger partial charge on any atom is 0.115 e. The molecule has 1 atom stereocenters. The third-order valence-corrected chi connectivity index (χ3v) is 5.84.